The average molecular weight is 369 g/mol. The van der Waals surface area contributed by atoms with Gasteiger partial charge in [-0.15, -0.1) is 0 Å². The SMILES string of the molecule is Nc1ncnc2c1nc(COCP(=O)(O)O)n2CCC1CCCCC1. The van der Waals surface area contributed by atoms with Crippen molar-refractivity contribution in [3.63, 3.8) is 0 Å². The van der Waals surface area contributed by atoms with Crippen LogP contribution >= 0.6 is 7.60 Å². The Morgan fingerprint density at radius 3 is 2.76 bits per heavy atom. The molecule has 1 saturated carbocycles. The summed E-state index contributed by atoms with van der Waals surface area (Å²) in [7, 11) is -4.21. The van der Waals surface area contributed by atoms with E-state index >= 15 is 0 Å². The minimum Gasteiger partial charge on any atom is -0.382 e. The van der Waals surface area contributed by atoms with Crippen LogP contribution in [0, 0.1) is 5.92 Å². The number of nitrogens with zero attached hydrogens (tertiary/aromatic N) is 4. The molecule has 0 bridgehead atoms. The molecule has 4 N–H and O–H groups in total. The molecule has 3 rings (SSSR count). The Labute approximate surface area is 145 Å². The van der Waals surface area contributed by atoms with E-state index in [1.54, 1.807) is 0 Å². The Morgan fingerprint density at radius 2 is 2.04 bits per heavy atom. The number of nitrogens with two attached hydrogens (primary N) is 1. The second-order valence-corrected chi connectivity index (χ2v) is 8.13. The number of ether oxygens (including phenoxy) is 1. The van der Waals surface area contributed by atoms with Crippen LogP contribution in [0.25, 0.3) is 11.2 Å². The minimum absolute atomic E-state index is 0.00836. The zero-order valence-corrected chi connectivity index (χ0v) is 14.9. The maximum Gasteiger partial charge on any atom is 0.350 e. The van der Waals surface area contributed by atoms with Gasteiger partial charge < -0.3 is 24.8 Å². The smallest absolute Gasteiger partial charge is 0.350 e. The summed E-state index contributed by atoms with van der Waals surface area (Å²) in [6, 6.07) is 0. The number of rotatable bonds is 7. The van der Waals surface area contributed by atoms with E-state index in [0.29, 0.717) is 22.9 Å². The van der Waals surface area contributed by atoms with Crippen LogP contribution in [0.5, 0.6) is 0 Å². The maximum atomic E-state index is 11.0. The number of nitrogen functional groups attached to an aromatic ring is 1. The molecule has 0 spiro atoms. The molecule has 9 nitrogen and oxygen atoms in total. The third kappa shape index (κ3) is 4.76. The van der Waals surface area contributed by atoms with Crippen LogP contribution < -0.4 is 5.73 Å². The molecule has 25 heavy (non-hydrogen) atoms. The van der Waals surface area contributed by atoms with Crippen molar-refractivity contribution >= 4 is 24.6 Å². The molecule has 0 amide bonds. The van der Waals surface area contributed by atoms with Crippen molar-refractivity contribution in [3.8, 4) is 0 Å². The van der Waals surface area contributed by atoms with Crippen LogP contribution in [-0.4, -0.2) is 35.7 Å². The predicted octanol–water partition coefficient (Wildman–Crippen LogP) is 2.03. The Hall–Kier alpha value is -1.54. The lowest BCUT2D eigenvalue weighted by atomic mass is 9.87. The fourth-order valence-electron chi connectivity index (χ4n) is 3.39. The molecule has 0 aliphatic heterocycles. The monoisotopic (exact) mass is 369 g/mol. The Morgan fingerprint density at radius 1 is 1.28 bits per heavy atom. The topological polar surface area (TPSA) is 136 Å². The molecule has 1 aliphatic carbocycles. The lowest BCUT2D eigenvalue weighted by Gasteiger charge is -2.22. The highest BCUT2D eigenvalue weighted by atomic mass is 31.2. The lowest BCUT2D eigenvalue weighted by Crippen LogP contribution is -2.13. The summed E-state index contributed by atoms with van der Waals surface area (Å²) in [5, 5.41) is 0. The van der Waals surface area contributed by atoms with Crippen molar-refractivity contribution in [1.29, 1.82) is 0 Å². The van der Waals surface area contributed by atoms with Crippen LogP contribution in [0.1, 0.15) is 44.3 Å². The number of fused-ring (bicyclic) bond motifs is 1. The van der Waals surface area contributed by atoms with Gasteiger partial charge in [0, 0.05) is 6.54 Å². The van der Waals surface area contributed by atoms with Crippen molar-refractivity contribution in [3.05, 3.63) is 12.2 Å². The van der Waals surface area contributed by atoms with Crippen molar-refractivity contribution in [2.45, 2.75) is 51.7 Å². The average Bonchev–Trinajstić information content (AvgIpc) is 2.92. The summed E-state index contributed by atoms with van der Waals surface area (Å²) in [4.78, 5) is 30.5. The fraction of sp³-hybridized carbons (Fsp3) is 0.667. The standard InChI is InChI=1S/C15H24N5O4P/c16-14-13-15(18-9-17-14)20(7-6-11-4-2-1-3-5-11)12(19-13)8-24-10-25(21,22)23/h9,11H,1-8,10H2,(H2,16,17,18)(H2,21,22,23). The summed E-state index contributed by atoms with van der Waals surface area (Å²) < 4.78 is 18.0. The van der Waals surface area contributed by atoms with E-state index < -0.39 is 13.9 Å². The highest BCUT2D eigenvalue weighted by Crippen LogP contribution is 2.34. The first-order chi connectivity index (χ1) is 11.9. The van der Waals surface area contributed by atoms with Gasteiger partial charge in [-0.25, -0.2) is 15.0 Å². The molecule has 0 saturated heterocycles. The quantitative estimate of drug-likeness (QED) is 0.631. The van der Waals surface area contributed by atoms with Gasteiger partial charge in [-0.2, -0.15) is 0 Å². The van der Waals surface area contributed by atoms with Crippen LogP contribution in [0.15, 0.2) is 6.33 Å². The van der Waals surface area contributed by atoms with E-state index in [-0.39, 0.29) is 12.4 Å². The number of anilines is 1. The van der Waals surface area contributed by atoms with Crippen LogP contribution in [0.4, 0.5) is 5.82 Å². The Bertz CT molecular complexity index is 769. The molecule has 0 aromatic carbocycles. The normalized spacial score (nSPS) is 16.6. The van der Waals surface area contributed by atoms with E-state index in [2.05, 4.69) is 15.0 Å². The lowest BCUT2D eigenvalue weighted by molar-refractivity contribution is 0.136. The first-order valence-electron chi connectivity index (χ1n) is 8.52. The zero-order chi connectivity index (χ0) is 17.9. The first kappa shape index (κ1) is 18.3. The van der Waals surface area contributed by atoms with Gasteiger partial charge in [0.15, 0.2) is 17.0 Å². The second-order valence-electron chi connectivity index (χ2n) is 6.55. The van der Waals surface area contributed by atoms with Gasteiger partial charge >= 0.3 is 7.60 Å². The van der Waals surface area contributed by atoms with E-state index in [1.807, 2.05) is 4.57 Å². The van der Waals surface area contributed by atoms with Crippen molar-refractivity contribution < 1.29 is 19.1 Å². The number of aromatic nitrogens is 4. The van der Waals surface area contributed by atoms with Gasteiger partial charge in [0.2, 0.25) is 0 Å². The minimum atomic E-state index is -4.21. The molecular weight excluding hydrogens is 345 g/mol. The van der Waals surface area contributed by atoms with Gasteiger partial charge in [-0.05, 0) is 12.3 Å². The summed E-state index contributed by atoms with van der Waals surface area (Å²) >= 11 is 0. The molecular formula is C15H24N5O4P. The highest BCUT2D eigenvalue weighted by Gasteiger charge is 2.19. The molecule has 0 radical (unpaired) electrons. The maximum absolute atomic E-state index is 11.0. The number of hydrogen-bond acceptors (Lipinski definition) is 6. The van der Waals surface area contributed by atoms with Crippen molar-refractivity contribution in [1.82, 2.24) is 19.5 Å². The van der Waals surface area contributed by atoms with Gasteiger partial charge in [-0.1, -0.05) is 32.1 Å². The molecule has 0 unspecified atom stereocenters. The van der Waals surface area contributed by atoms with E-state index in [9.17, 15) is 4.57 Å². The molecule has 1 fully saturated rings. The summed E-state index contributed by atoms with van der Waals surface area (Å²) in [5.74, 6) is 1.54. The second kappa shape index (κ2) is 7.78. The zero-order valence-electron chi connectivity index (χ0n) is 14.0. The number of aryl methyl sites for hydroxylation is 1. The molecule has 0 atom stereocenters. The molecule has 2 aromatic rings. The largest absolute Gasteiger partial charge is 0.382 e. The Kier molecular flexibility index (Phi) is 5.68. The van der Waals surface area contributed by atoms with Crippen molar-refractivity contribution in [2.75, 3.05) is 12.1 Å². The van der Waals surface area contributed by atoms with Gasteiger partial charge in [-0.3, -0.25) is 4.57 Å². The van der Waals surface area contributed by atoms with Gasteiger partial charge in [0.05, 0.1) is 0 Å². The number of hydrogen-bond donors (Lipinski definition) is 3. The summed E-state index contributed by atoms with van der Waals surface area (Å²) in [6.07, 6.45) is 8.14. The third-order valence-corrected chi connectivity index (χ3v) is 5.13. The highest BCUT2D eigenvalue weighted by molar-refractivity contribution is 7.51. The van der Waals surface area contributed by atoms with Gasteiger partial charge in [0.1, 0.15) is 25.1 Å². The first-order valence-corrected chi connectivity index (χ1v) is 10.3. The van der Waals surface area contributed by atoms with Crippen LogP contribution in [0.2, 0.25) is 0 Å². The molecule has 2 heterocycles. The summed E-state index contributed by atoms with van der Waals surface area (Å²) in [5.41, 5.74) is 7.02. The van der Waals surface area contributed by atoms with Crippen molar-refractivity contribution in [2.24, 2.45) is 5.92 Å². The van der Waals surface area contributed by atoms with E-state index in [4.69, 9.17) is 20.3 Å². The van der Waals surface area contributed by atoms with Crippen LogP contribution in [-0.2, 0) is 22.5 Å². The predicted molar refractivity (Wildman–Crippen MR) is 92.6 cm³/mol. The van der Waals surface area contributed by atoms with Crippen LogP contribution in [0.3, 0.4) is 0 Å². The summed E-state index contributed by atoms with van der Waals surface area (Å²) in [6.45, 7) is 0.720. The molecule has 2 aromatic heterocycles. The van der Waals surface area contributed by atoms with E-state index in [0.717, 1.165) is 13.0 Å². The van der Waals surface area contributed by atoms with Gasteiger partial charge in [0.25, 0.3) is 0 Å². The fourth-order valence-corrected chi connectivity index (χ4v) is 3.72. The molecule has 10 heteroatoms. The number of imidazole rings is 1. The third-order valence-electron chi connectivity index (χ3n) is 4.62. The Balaban J connectivity index is 1.78. The molecule has 1 aliphatic rings. The van der Waals surface area contributed by atoms with E-state index in [1.165, 1.54) is 38.4 Å². The molecule has 138 valence electrons.